The molecule has 0 radical (unpaired) electrons. The van der Waals surface area contributed by atoms with Gasteiger partial charge in [0.2, 0.25) is 5.78 Å². The first-order valence-corrected chi connectivity index (χ1v) is 12.4. The third-order valence-corrected chi connectivity index (χ3v) is 7.15. The third kappa shape index (κ3) is 4.56. The molecule has 2 heterocycles. The molecule has 7 nitrogen and oxygen atoms in total. The van der Waals surface area contributed by atoms with Crippen molar-refractivity contribution in [3.05, 3.63) is 70.9 Å². The van der Waals surface area contributed by atoms with Crippen molar-refractivity contribution in [2.24, 2.45) is 11.3 Å². The number of anilines is 1. The summed E-state index contributed by atoms with van der Waals surface area (Å²) in [4.78, 5) is 53.9. The number of amides is 1. The number of hydrogen-bond donors (Lipinski definition) is 0. The second-order valence-corrected chi connectivity index (χ2v) is 10.1. The van der Waals surface area contributed by atoms with E-state index in [2.05, 4.69) is 0 Å². The minimum absolute atomic E-state index is 0.250. The summed E-state index contributed by atoms with van der Waals surface area (Å²) < 4.78 is 10.4. The first-order chi connectivity index (χ1) is 17.2. The maximum Gasteiger partial charge on any atom is 0.311 e. The van der Waals surface area contributed by atoms with Crippen LogP contribution in [0, 0.1) is 11.3 Å². The number of thiophene rings is 1. The molecule has 1 aliphatic heterocycles. The Hall–Kier alpha value is -3.78. The van der Waals surface area contributed by atoms with Gasteiger partial charge >= 0.3 is 5.97 Å². The van der Waals surface area contributed by atoms with Crippen LogP contribution in [0.15, 0.2) is 65.4 Å². The molecule has 8 heteroatoms. The third-order valence-electron chi connectivity index (χ3n) is 6.46. The number of methoxy groups -OCH3 is 2. The van der Waals surface area contributed by atoms with Gasteiger partial charge in [-0.3, -0.25) is 24.1 Å². The maximum absolute atomic E-state index is 13.6. The summed E-state index contributed by atoms with van der Waals surface area (Å²) in [5.41, 5.74) is 1.89. The van der Waals surface area contributed by atoms with Gasteiger partial charge in [-0.2, -0.15) is 11.3 Å². The van der Waals surface area contributed by atoms with Gasteiger partial charge in [-0.1, -0.05) is 30.3 Å². The van der Waals surface area contributed by atoms with Crippen LogP contribution in [0.5, 0.6) is 5.75 Å². The molecule has 2 aromatic carbocycles. The minimum Gasteiger partial charge on any atom is -0.496 e. The summed E-state index contributed by atoms with van der Waals surface area (Å²) in [7, 11) is 2.74. The van der Waals surface area contributed by atoms with Gasteiger partial charge in [0, 0.05) is 17.7 Å². The Morgan fingerprint density at radius 2 is 1.67 bits per heavy atom. The maximum atomic E-state index is 13.6. The van der Waals surface area contributed by atoms with E-state index in [1.54, 1.807) is 61.6 Å². The molecule has 1 saturated heterocycles. The highest BCUT2D eigenvalue weighted by Crippen LogP contribution is 2.45. The van der Waals surface area contributed by atoms with Crippen LogP contribution in [0.2, 0.25) is 0 Å². The van der Waals surface area contributed by atoms with E-state index in [1.165, 1.54) is 19.1 Å². The van der Waals surface area contributed by atoms with E-state index in [1.807, 2.05) is 29.0 Å². The molecular weight excluding hydrogens is 478 g/mol. The fourth-order valence-electron chi connectivity index (χ4n) is 4.64. The number of esters is 1. The number of hydrogen-bond acceptors (Lipinski definition) is 7. The van der Waals surface area contributed by atoms with Crippen molar-refractivity contribution < 1.29 is 28.7 Å². The predicted octanol–water partition coefficient (Wildman–Crippen LogP) is 4.86. The van der Waals surface area contributed by atoms with E-state index in [0.717, 1.165) is 11.1 Å². The molecule has 0 bridgehead atoms. The number of nitrogens with zero attached hydrogens (tertiary/aromatic N) is 1. The number of carbonyl (C=O) groups is 4. The Morgan fingerprint density at radius 3 is 2.28 bits per heavy atom. The first kappa shape index (κ1) is 25.3. The van der Waals surface area contributed by atoms with Gasteiger partial charge in [0.25, 0.3) is 5.91 Å². The van der Waals surface area contributed by atoms with Crippen molar-refractivity contribution in [1.82, 2.24) is 0 Å². The fraction of sp³-hybridized carbons (Fsp3) is 0.286. The van der Waals surface area contributed by atoms with Crippen molar-refractivity contribution in [1.29, 1.82) is 0 Å². The smallest absolute Gasteiger partial charge is 0.311 e. The minimum atomic E-state index is -1.30. The van der Waals surface area contributed by atoms with E-state index in [9.17, 15) is 19.2 Å². The van der Waals surface area contributed by atoms with Crippen LogP contribution < -0.4 is 9.64 Å². The highest BCUT2D eigenvalue weighted by atomic mass is 32.1. The van der Waals surface area contributed by atoms with Gasteiger partial charge in [0.1, 0.15) is 17.5 Å². The van der Waals surface area contributed by atoms with Crippen LogP contribution in [-0.4, -0.2) is 37.7 Å². The van der Waals surface area contributed by atoms with E-state index < -0.39 is 40.8 Å². The molecule has 1 aromatic heterocycles. The summed E-state index contributed by atoms with van der Waals surface area (Å²) in [6, 6.07) is 15.4. The lowest BCUT2D eigenvalue weighted by Gasteiger charge is -2.29. The molecule has 2 atom stereocenters. The normalized spacial score (nSPS) is 17.8. The molecule has 2 unspecified atom stereocenters. The van der Waals surface area contributed by atoms with Crippen molar-refractivity contribution in [2.45, 2.75) is 26.3 Å². The summed E-state index contributed by atoms with van der Waals surface area (Å²) in [6.07, 6.45) is -0.250. The molecule has 0 N–H and O–H groups in total. The molecule has 186 valence electrons. The summed E-state index contributed by atoms with van der Waals surface area (Å²) >= 11 is 1.58. The zero-order chi connectivity index (χ0) is 26.0. The quantitative estimate of drug-likeness (QED) is 0.247. The van der Waals surface area contributed by atoms with E-state index in [4.69, 9.17) is 9.47 Å². The molecule has 1 aliphatic rings. The second-order valence-electron chi connectivity index (χ2n) is 9.28. The predicted molar refractivity (Wildman–Crippen MR) is 137 cm³/mol. The molecule has 0 saturated carbocycles. The average Bonchev–Trinajstić information content (AvgIpc) is 3.50. The van der Waals surface area contributed by atoms with Crippen LogP contribution in [0.3, 0.4) is 0 Å². The van der Waals surface area contributed by atoms with Gasteiger partial charge in [-0.25, -0.2) is 0 Å². The molecule has 3 aromatic rings. The molecule has 36 heavy (non-hydrogen) atoms. The Morgan fingerprint density at radius 1 is 0.972 bits per heavy atom. The number of ketones is 2. The summed E-state index contributed by atoms with van der Waals surface area (Å²) in [5.74, 6) is -3.49. The Balaban J connectivity index is 1.79. The topological polar surface area (TPSA) is 90.0 Å². The van der Waals surface area contributed by atoms with E-state index >= 15 is 0 Å². The van der Waals surface area contributed by atoms with Crippen molar-refractivity contribution in [3.63, 3.8) is 0 Å². The van der Waals surface area contributed by atoms with Gasteiger partial charge in [-0.05, 0) is 60.0 Å². The highest BCUT2D eigenvalue weighted by Gasteiger charge is 2.53. The Kier molecular flexibility index (Phi) is 7.08. The standard InChI is InChI=1S/C28H27NO6S/c1-28(2,27(33)35-4)15-21(30)23-24(20-7-5-6-8-22(20)34-3)29(26(32)25(23)31)19-11-9-17(10-12-19)18-13-14-36-16-18/h5-14,16,23-24H,15H2,1-4H3. The van der Waals surface area contributed by atoms with Crippen molar-refractivity contribution in [3.8, 4) is 16.9 Å². The van der Waals surface area contributed by atoms with Gasteiger partial charge in [-0.15, -0.1) is 0 Å². The van der Waals surface area contributed by atoms with Crippen molar-refractivity contribution in [2.75, 3.05) is 19.1 Å². The van der Waals surface area contributed by atoms with Gasteiger partial charge in [0.15, 0.2) is 0 Å². The highest BCUT2D eigenvalue weighted by molar-refractivity contribution is 7.08. The number of benzene rings is 2. The number of rotatable bonds is 8. The number of ether oxygens (including phenoxy) is 2. The molecule has 0 aliphatic carbocycles. The molecule has 4 rings (SSSR count). The number of carbonyl (C=O) groups excluding carboxylic acids is 4. The Labute approximate surface area is 213 Å². The average molecular weight is 506 g/mol. The van der Waals surface area contributed by atoms with Crippen molar-refractivity contribution >= 4 is 40.5 Å². The molecule has 1 amide bonds. The number of Topliss-reactive ketones (excluding diaryl/α,β-unsaturated/α-hetero) is 2. The second kappa shape index (κ2) is 10.1. The first-order valence-electron chi connectivity index (χ1n) is 11.4. The number of para-hydroxylation sites is 1. The van der Waals surface area contributed by atoms with Gasteiger partial charge < -0.3 is 9.47 Å². The SMILES string of the molecule is COC(=O)C(C)(C)CC(=O)C1C(=O)C(=O)N(c2ccc(-c3ccsc3)cc2)C1c1ccccc1OC. The molecule has 0 spiro atoms. The van der Waals surface area contributed by atoms with Crippen LogP contribution in [0.1, 0.15) is 31.9 Å². The lowest BCUT2D eigenvalue weighted by atomic mass is 9.80. The van der Waals surface area contributed by atoms with Crippen LogP contribution in [0.25, 0.3) is 11.1 Å². The fourth-order valence-corrected chi connectivity index (χ4v) is 5.30. The van der Waals surface area contributed by atoms with E-state index in [0.29, 0.717) is 17.0 Å². The lowest BCUT2D eigenvalue weighted by molar-refractivity contribution is -0.153. The lowest BCUT2D eigenvalue weighted by Crippen LogP contribution is -2.35. The largest absolute Gasteiger partial charge is 0.496 e. The Bertz CT molecular complexity index is 1300. The summed E-state index contributed by atoms with van der Waals surface area (Å²) in [5, 5.41) is 4.00. The van der Waals surface area contributed by atoms with E-state index in [-0.39, 0.29) is 6.42 Å². The summed E-state index contributed by atoms with van der Waals surface area (Å²) in [6.45, 7) is 3.16. The zero-order valence-corrected chi connectivity index (χ0v) is 21.3. The van der Waals surface area contributed by atoms with Crippen LogP contribution in [0.4, 0.5) is 5.69 Å². The van der Waals surface area contributed by atoms with Crippen LogP contribution >= 0.6 is 11.3 Å². The zero-order valence-electron chi connectivity index (χ0n) is 20.5. The monoisotopic (exact) mass is 505 g/mol. The van der Waals surface area contributed by atoms with Gasteiger partial charge in [0.05, 0.1) is 25.7 Å². The molecular formula is C28H27NO6S. The van der Waals surface area contributed by atoms with Crippen LogP contribution in [-0.2, 0) is 23.9 Å². The molecule has 1 fully saturated rings.